The first kappa shape index (κ1) is 13.7. The fourth-order valence-corrected chi connectivity index (χ4v) is 1.82. The maximum absolute atomic E-state index is 11.7. The topological polar surface area (TPSA) is 46.6 Å². The van der Waals surface area contributed by atoms with Crippen LogP contribution in [-0.4, -0.2) is 30.4 Å². The number of nitrogens with zero attached hydrogens (tertiary/aromatic N) is 1. The standard InChI is InChI=1S/C15H19NO3/c1-15(2,3)14(18)19-16-8-13(9-16)12-6-4-11(10-17)5-7-12/h4-7,10,13H,8-9H2,1-3H3. The molecule has 0 saturated carbocycles. The van der Waals surface area contributed by atoms with Crippen LogP contribution >= 0.6 is 0 Å². The molecule has 1 aromatic rings. The van der Waals surface area contributed by atoms with Crippen LogP contribution in [0.4, 0.5) is 0 Å². The molecule has 1 saturated heterocycles. The maximum atomic E-state index is 11.7. The fraction of sp³-hybridized carbons (Fsp3) is 0.467. The second-order valence-electron chi connectivity index (χ2n) is 5.96. The van der Waals surface area contributed by atoms with Crippen molar-refractivity contribution in [2.24, 2.45) is 5.41 Å². The predicted octanol–water partition coefficient (Wildman–Crippen LogP) is 2.40. The van der Waals surface area contributed by atoms with Gasteiger partial charge in [0.15, 0.2) is 0 Å². The molecule has 4 heteroatoms. The van der Waals surface area contributed by atoms with Gasteiger partial charge in [0.05, 0.1) is 5.41 Å². The van der Waals surface area contributed by atoms with Crippen molar-refractivity contribution in [2.75, 3.05) is 13.1 Å². The Bertz CT molecular complexity index is 467. The molecule has 2 rings (SSSR count). The molecule has 19 heavy (non-hydrogen) atoms. The van der Waals surface area contributed by atoms with E-state index < -0.39 is 5.41 Å². The normalized spacial score (nSPS) is 16.8. The highest BCUT2D eigenvalue weighted by atomic mass is 16.7. The average molecular weight is 261 g/mol. The number of hydroxylamine groups is 2. The molecule has 102 valence electrons. The number of rotatable bonds is 3. The molecule has 0 bridgehead atoms. The fourth-order valence-electron chi connectivity index (χ4n) is 1.82. The van der Waals surface area contributed by atoms with Crippen LogP contribution in [-0.2, 0) is 9.63 Å². The van der Waals surface area contributed by atoms with E-state index in [4.69, 9.17) is 4.84 Å². The SMILES string of the molecule is CC(C)(C)C(=O)ON1CC(c2ccc(C=O)cc2)C1. The molecule has 4 nitrogen and oxygen atoms in total. The molecule has 1 aliphatic heterocycles. The lowest BCUT2D eigenvalue weighted by atomic mass is 9.92. The number of hydrogen-bond donors (Lipinski definition) is 0. The summed E-state index contributed by atoms with van der Waals surface area (Å²) < 4.78 is 0. The van der Waals surface area contributed by atoms with E-state index in [1.54, 1.807) is 5.06 Å². The summed E-state index contributed by atoms with van der Waals surface area (Å²) in [5.74, 6) is 0.163. The minimum absolute atomic E-state index is 0.206. The third-order valence-corrected chi connectivity index (χ3v) is 3.22. The Labute approximate surface area is 113 Å². The summed E-state index contributed by atoms with van der Waals surface area (Å²) in [6, 6.07) is 7.53. The van der Waals surface area contributed by atoms with Crippen molar-refractivity contribution in [3.8, 4) is 0 Å². The second kappa shape index (κ2) is 5.13. The van der Waals surface area contributed by atoms with Crippen molar-refractivity contribution in [3.63, 3.8) is 0 Å². The zero-order valence-electron chi connectivity index (χ0n) is 11.6. The molecule has 1 aromatic carbocycles. The van der Waals surface area contributed by atoms with E-state index in [0.29, 0.717) is 24.6 Å². The largest absolute Gasteiger partial charge is 0.367 e. The van der Waals surface area contributed by atoms with E-state index in [9.17, 15) is 9.59 Å². The Hall–Kier alpha value is -1.68. The van der Waals surface area contributed by atoms with Crippen molar-refractivity contribution in [2.45, 2.75) is 26.7 Å². The molecule has 0 spiro atoms. The summed E-state index contributed by atoms with van der Waals surface area (Å²) in [5.41, 5.74) is 1.38. The van der Waals surface area contributed by atoms with Gasteiger partial charge in [0, 0.05) is 24.6 Å². The Morgan fingerprint density at radius 2 is 1.84 bits per heavy atom. The highest BCUT2D eigenvalue weighted by Crippen LogP contribution is 2.28. The Morgan fingerprint density at radius 3 is 2.32 bits per heavy atom. The quantitative estimate of drug-likeness (QED) is 0.784. The second-order valence-corrected chi connectivity index (χ2v) is 5.96. The van der Waals surface area contributed by atoms with E-state index >= 15 is 0 Å². The average Bonchev–Trinajstić information content (AvgIpc) is 2.32. The van der Waals surface area contributed by atoms with Crippen molar-refractivity contribution in [1.82, 2.24) is 5.06 Å². The summed E-state index contributed by atoms with van der Waals surface area (Å²) in [6.07, 6.45) is 0.835. The van der Waals surface area contributed by atoms with Gasteiger partial charge in [-0.25, -0.2) is 4.79 Å². The lowest BCUT2D eigenvalue weighted by molar-refractivity contribution is -0.220. The van der Waals surface area contributed by atoms with E-state index in [1.807, 2.05) is 45.0 Å². The number of carbonyl (C=O) groups is 2. The highest BCUT2D eigenvalue weighted by Gasteiger charge is 2.34. The first-order valence-corrected chi connectivity index (χ1v) is 6.42. The Morgan fingerprint density at radius 1 is 1.26 bits per heavy atom. The lowest BCUT2D eigenvalue weighted by Gasteiger charge is -2.38. The molecule has 1 aliphatic rings. The van der Waals surface area contributed by atoms with Crippen LogP contribution in [0.5, 0.6) is 0 Å². The van der Waals surface area contributed by atoms with E-state index in [2.05, 4.69) is 0 Å². The third-order valence-electron chi connectivity index (χ3n) is 3.22. The van der Waals surface area contributed by atoms with Crippen LogP contribution in [0.15, 0.2) is 24.3 Å². The van der Waals surface area contributed by atoms with Gasteiger partial charge in [0.25, 0.3) is 0 Å². The maximum Gasteiger partial charge on any atom is 0.330 e. The van der Waals surface area contributed by atoms with Crippen LogP contribution in [0, 0.1) is 5.41 Å². The van der Waals surface area contributed by atoms with Crippen molar-refractivity contribution in [3.05, 3.63) is 35.4 Å². The number of hydrogen-bond acceptors (Lipinski definition) is 4. The van der Waals surface area contributed by atoms with Gasteiger partial charge >= 0.3 is 5.97 Å². The Kier molecular flexibility index (Phi) is 3.71. The van der Waals surface area contributed by atoms with E-state index in [1.165, 1.54) is 5.56 Å². The van der Waals surface area contributed by atoms with Crippen molar-refractivity contribution in [1.29, 1.82) is 0 Å². The monoisotopic (exact) mass is 261 g/mol. The molecular formula is C15H19NO3. The molecule has 1 heterocycles. The van der Waals surface area contributed by atoms with Crippen LogP contribution in [0.1, 0.15) is 42.6 Å². The van der Waals surface area contributed by atoms with E-state index in [0.717, 1.165) is 6.29 Å². The van der Waals surface area contributed by atoms with Gasteiger partial charge in [-0.2, -0.15) is 0 Å². The molecule has 0 aromatic heterocycles. The van der Waals surface area contributed by atoms with Crippen LogP contribution < -0.4 is 0 Å². The van der Waals surface area contributed by atoms with Gasteiger partial charge in [0.1, 0.15) is 6.29 Å². The summed E-state index contributed by atoms with van der Waals surface area (Å²) in [7, 11) is 0. The lowest BCUT2D eigenvalue weighted by Crippen LogP contribution is -2.47. The first-order valence-electron chi connectivity index (χ1n) is 6.42. The van der Waals surface area contributed by atoms with Crippen molar-refractivity contribution >= 4 is 12.3 Å². The van der Waals surface area contributed by atoms with Gasteiger partial charge < -0.3 is 4.84 Å². The van der Waals surface area contributed by atoms with Crippen LogP contribution in [0.2, 0.25) is 0 Å². The highest BCUT2D eigenvalue weighted by molar-refractivity contribution is 5.75. The minimum atomic E-state index is -0.476. The minimum Gasteiger partial charge on any atom is -0.367 e. The van der Waals surface area contributed by atoms with Crippen LogP contribution in [0.25, 0.3) is 0 Å². The molecule has 0 radical (unpaired) electrons. The molecule has 0 aliphatic carbocycles. The summed E-state index contributed by atoms with van der Waals surface area (Å²) in [5, 5.41) is 1.69. The first-order chi connectivity index (χ1) is 8.90. The molecular weight excluding hydrogens is 242 g/mol. The molecule has 0 amide bonds. The van der Waals surface area contributed by atoms with E-state index in [-0.39, 0.29) is 5.97 Å². The number of benzene rings is 1. The van der Waals surface area contributed by atoms with Crippen LogP contribution in [0.3, 0.4) is 0 Å². The zero-order chi connectivity index (χ0) is 14.0. The molecule has 0 N–H and O–H groups in total. The summed E-state index contributed by atoms with van der Waals surface area (Å²) in [6.45, 7) is 6.94. The molecule has 0 atom stereocenters. The predicted molar refractivity (Wildman–Crippen MR) is 71.7 cm³/mol. The number of carbonyl (C=O) groups excluding carboxylic acids is 2. The van der Waals surface area contributed by atoms with Gasteiger partial charge in [-0.05, 0) is 26.3 Å². The summed E-state index contributed by atoms with van der Waals surface area (Å²) in [4.78, 5) is 27.6. The molecule has 1 fully saturated rings. The van der Waals surface area contributed by atoms with Gasteiger partial charge in [-0.15, -0.1) is 5.06 Å². The smallest absolute Gasteiger partial charge is 0.330 e. The molecule has 0 unspecified atom stereocenters. The zero-order valence-corrected chi connectivity index (χ0v) is 11.6. The third kappa shape index (κ3) is 3.20. The van der Waals surface area contributed by atoms with Gasteiger partial charge in [-0.3, -0.25) is 4.79 Å². The van der Waals surface area contributed by atoms with Gasteiger partial charge in [0.2, 0.25) is 0 Å². The summed E-state index contributed by atoms with van der Waals surface area (Å²) >= 11 is 0. The Balaban J connectivity index is 1.85. The number of aldehydes is 1. The van der Waals surface area contributed by atoms with Gasteiger partial charge in [-0.1, -0.05) is 24.3 Å². The van der Waals surface area contributed by atoms with Crippen molar-refractivity contribution < 1.29 is 14.4 Å².